The largest absolute Gasteiger partial charge is 0.417 e. The second-order valence-electron chi connectivity index (χ2n) is 8.13. The van der Waals surface area contributed by atoms with E-state index in [2.05, 4.69) is 15.1 Å². The number of carbonyl (C=O) groups is 1. The summed E-state index contributed by atoms with van der Waals surface area (Å²) in [6, 6.07) is 3.96. The van der Waals surface area contributed by atoms with Crippen molar-refractivity contribution in [3.8, 4) is 0 Å². The Kier molecular flexibility index (Phi) is 5.10. The molecule has 1 atom stereocenters. The summed E-state index contributed by atoms with van der Waals surface area (Å²) >= 11 is 0. The number of pyridine rings is 2. The smallest absolute Gasteiger partial charge is 0.351 e. The van der Waals surface area contributed by atoms with Gasteiger partial charge in [-0.1, -0.05) is 19.0 Å². The lowest BCUT2D eigenvalue weighted by Crippen LogP contribution is -2.28. The molecule has 0 radical (unpaired) electrons. The lowest BCUT2D eigenvalue weighted by Gasteiger charge is -2.16. The highest BCUT2D eigenvalue weighted by Gasteiger charge is 2.35. The van der Waals surface area contributed by atoms with Crippen LogP contribution < -0.4 is 5.56 Å². The average molecular weight is 434 g/mol. The van der Waals surface area contributed by atoms with Gasteiger partial charge in [0.25, 0.3) is 11.5 Å². The lowest BCUT2D eigenvalue weighted by atomic mass is 10.0. The monoisotopic (exact) mass is 434 g/mol. The number of amides is 1. The van der Waals surface area contributed by atoms with Gasteiger partial charge in [0, 0.05) is 36.5 Å². The Labute approximate surface area is 175 Å². The molecule has 4 rings (SSSR count). The number of nitrogens with one attached hydrogen (secondary N) is 1. The maximum absolute atomic E-state index is 13.4. The van der Waals surface area contributed by atoms with Gasteiger partial charge in [-0.15, -0.1) is 0 Å². The van der Waals surface area contributed by atoms with Gasteiger partial charge in [0.05, 0.1) is 22.2 Å². The molecule has 10 heteroatoms. The second-order valence-corrected chi connectivity index (χ2v) is 8.13. The molecule has 1 fully saturated rings. The first-order chi connectivity index (χ1) is 14.5. The number of halogens is 3. The Balaban J connectivity index is 1.63. The number of aryl methyl sites for hydroxylation is 1. The zero-order chi connectivity index (χ0) is 22.5. The summed E-state index contributed by atoms with van der Waals surface area (Å²) in [5.74, 6) is -0.274. The predicted octanol–water partition coefficient (Wildman–Crippen LogP) is 3.99. The van der Waals surface area contributed by atoms with Gasteiger partial charge in [0.2, 0.25) is 5.76 Å². The van der Waals surface area contributed by atoms with Gasteiger partial charge in [-0.2, -0.15) is 13.2 Å². The maximum Gasteiger partial charge on any atom is 0.417 e. The quantitative estimate of drug-likeness (QED) is 0.673. The standard InChI is InChI=1S/C21H21F3N4O3/c1-10(2)14-8-17(31-27-14)20(30)28-5-4-12(9-28)15-7-16-18(19(29)26-15)13(21(22,23)24)6-11(3)25-16/h6-8,10,12H,4-5,9H2,1-3H3,(H,26,29)/t12-/m0/s1. The zero-order valence-corrected chi connectivity index (χ0v) is 17.2. The Bertz CT molecular complexity index is 1210. The first-order valence-corrected chi connectivity index (χ1v) is 9.92. The van der Waals surface area contributed by atoms with Crippen LogP contribution in [0.3, 0.4) is 0 Å². The molecule has 1 aliphatic rings. The fourth-order valence-electron chi connectivity index (χ4n) is 3.88. The molecule has 4 heterocycles. The number of aromatic nitrogens is 3. The van der Waals surface area contributed by atoms with Crippen molar-refractivity contribution in [2.75, 3.05) is 13.1 Å². The fourth-order valence-corrected chi connectivity index (χ4v) is 3.88. The molecule has 1 aliphatic heterocycles. The minimum atomic E-state index is -4.66. The minimum absolute atomic E-state index is 0.00680. The SMILES string of the molecule is Cc1cc(C(F)(F)F)c2c(=O)[nH]c([C@H]3CCN(C(=O)c4cc(C(C)C)no4)C3)cc2n1. The number of nitrogens with zero attached hydrogens (tertiary/aromatic N) is 3. The number of aromatic amines is 1. The van der Waals surface area contributed by atoms with Gasteiger partial charge >= 0.3 is 6.18 Å². The molecular weight excluding hydrogens is 413 g/mol. The summed E-state index contributed by atoms with van der Waals surface area (Å²) in [5, 5.41) is 3.42. The van der Waals surface area contributed by atoms with E-state index in [1.165, 1.54) is 13.0 Å². The summed E-state index contributed by atoms with van der Waals surface area (Å²) in [6.07, 6.45) is -4.11. The van der Waals surface area contributed by atoms with Gasteiger partial charge in [-0.05, 0) is 31.4 Å². The van der Waals surface area contributed by atoms with E-state index in [0.29, 0.717) is 30.9 Å². The van der Waals surface area contributed by atoms with E-state index >= 15 is 0 Å². The Hall–Kier alpha value is -3.17. The third-order valence-corrected chi connectivity index (χ3v) is 5.50. The van der Waals surface area contributed by atoms with Crippen LogP contribution in [0.5, 0.6) is 0 Å². The van der Waals surface area contributed by atoms with E-state index in [4.69, 9.17) is 4.52 Å². The number of H-pyrrole nitrogens is 1. The van der Waals surface area contributed by atoms with Crippen LogP contribution in [0.4, 0.5) is 13.2 Å². The molecular formula is C21H21F3N4O3. The lowest BCUT2D eigenvalue weighted by molar-refractivity contribution is -0.136. The van der Waals surface area contributed by atoms with Crippen molar-refractivity contribution in [3.63, 3.8) is 0 Å². The van der Waals surface area contributed by atoms with E-state index < -0.39 is 22.7 Å². The second kappa shape index (κ2) is 7.51. The van der Waals surface area contributed by atoms with Crippen molar-refractivity contribution in [2.24, 2.45) is 0 Å². The van der Waals surface area contributed by atoms with Crippen LogP contribution >= 0.6 is 0 Å². The average Bonchev–Trinajstić information content (AvgIpc) is 3.36. The number of hydrogen-bond acceptors (Lipinski definition) is 5. The van der Waals surface area contributed by atoms with Crippen molar-refractivity contribution < 1.29 is 22.5 Å². The molecule has 164 valence electrons. The number of rotatable bonds is 3. The van der Waals surface area contributed by atoms with Crippen molar-refractivity contribution in [1.82, 2.24) is 20.0 Å². The molecule has 1 saturated heterocycles. The molecule has 1 N–H and O–H groups in total. The van der Waals surface area contributed by atoms with Crippen LogP contribution in [0.2, 0.25) is 0 Å². The number of carbonyl (C=O) groups excluding carboxylic acids is 1. The van der Waals surface area contributed by atoms with Crippen LogP contribution in [0.15, 0.2) is 27.5 Å². The summed E-state index contributed by atoms with van der Waals surface area (Å²) in [4.78, 5) is 33.6. The summed E-state index contributed by atoms with van der Waals surface area (Å²) in [5.41, 5.74) is -0.538. The molecule has 3 aromatic rings. The number of fused-ring (bicyclic) bond motifs is 1. The highest BCUT2D eigenvalue weighted by atomic mass is 19.4. The molecule has 31 heavy (non-hydrogen) atoms. The van der Waals surface area contributed by atoms with E-state index in [0.717, 1.165) is 6.07 Å². The molecule has 0 aromatic carbocycles. The van der Waals surface area contributed by atoms with Crippen LogP contribution in [-0.4, -0.2) is 39.0 Å². The maximum atomic E-state index is 13.4. The van der Waals surface area contributed by atoms with E-state index in [-0.39, 0.29) is 34.7 Å². The number of alkyl halides is 3. The summed E-state index contributed by atoms with van der Waals surface area (Å²) in [7, 11) is 0. The van der Waals surface area contributed by atoms with Gasteiger partial charge in [-0.25, -0.2) is 0 Å². The van der Waals surface area contributed by atoms with Crippen LogP contribution in [0.1, 0.15) is 65.3 Å². The number of hydrogen-bond donors (Lipinski definition) is 1. The van der Waals surface area contributed by atoms with E-state index in [1.807, 2.05) is 13.8 Å². The molecule has 0 aliphatic carbocycles. The molecule has 0 bridgehead atoms. The fraction of sp³-hybridized carbons (Fsp3) is 0.429. The van der Waals surface area contributed by atoms with Crippen molar-refractivity contribution in [3.05, 3.63) is 57.0 Å². The van der Waals surface area contributed by atoms with Crippen LogP contribution in [0.25, 0.3) is 10.9 Å². The van der Waals surface area contributed by atoms with Crippen molar-refractivity contribution >= 4 is 16.8 Å². The van der Waals surface area contributed by atoms with E-state index in [1.54, 1.807) is 11.0 Å². The number of likely N-dealkylation sites (tertiary alicyclic amines) is 1. The van der Waals surface area contributed by atoms with Gasteiger partial charge < -0.3 is 14.4 Å². The first-order valence-electron chi connectivity index (χ1n) is 9.92. The van der Waals surface area contributed by atoms with Crippen molar-refractivity contribution in [1.29, 1.82) is 0 Å². The predicted molar refractivity (Wildman–Crippen MR) is 106 cm³/mol. The van der Waals surface area contributed by atoms with Gasteiger partial charge in [0.1, 0.15) is 0 Å². The Morgan fingerprint density at radius 2 is 2.03 bits per heavy atom. The van der Waals surface area contributed by atoms with Crippen molar-refractivity contribution in [2.45, 2.75) is 45.2 Å². The zero-order valence-electron chi connectivity index (χ0n) is 17.2. The topological polar surface area (TPSA) is 92.1 Å². The molecule has 0 unspecified atom stereocenters. The summed E-state index contributed by atoms with van der Waals surface area (Å²) in [6.45, 7) is 6.06. The first kappa shape index (κ1) is 21.1. The highest BCUT2D eigenvalue weighted by Crippen LogP contribution is 2.34. The summed E-state index contributed by atoms with van der Waals surface area (Å²) < 4.78 is 45.3. The molecule has 1 amide bonds. The molecule has 0 spiro atoms. The minimum Gasteiger partial charge on any atom is -0.351 e. The van der Waals surface area contributed by atoms with Gasteiger partial charge in [-0.3, -0.25) is 14.6 Å². The van der Waals surface area contributed by atoms with Gasteiger partial charge in [0.15, 0.2) is 0 Å². The molecule has 7 nitrogen and oxygen atoms in total. The third-order valence-electron chi connectivity index (χ3n) is 5.50. The third kappa shape index (κ3) is 3.94. The Morgan fingerprint density at radius 3 is 2.68 bits per heavy atom. The normalized spacial score (nSPS) is 17.1. The molecule has 0 saturated carbocycles. The Morgan fingerprint density at radius 1 is 1.29 bits per heavy atom. The molecule has 3 aromatic heterocycles. The van der Waals surface area contributed by atoms with Crippen LogP contribution in [0, 0.1) is 6.92 Å². The van der Waals surface area contributed by atoms with E-state index in [9.17, 15) is 22.8 Å². The highest BCUT2D eigenvalue weighted by molar-refractivity contribution is 5.91. The van der Waals surface area contributed by atoms with Crippen LogP contribution in [-0.2, 0) is 6.18 Å².